The Balaban J connectivity index is 3.16. The van der Waals surface area contributed by atoms with Crippen molar-refractivity contribution in [2.75, 3.05) is 19.5 Å². The van der Waals surface area contributed by atoms with E-state index in [1.807, 2.05) is 0 Å². The summed E-state index contributed by atoms with van der Waals surface area (Å²) in [5.41, 5.74) is 2.84. The van der Waals surface area contributed by atoms with Gasteiger partial charge in [0.1, 0.15) is 0 Å². The quantitative estimate of drug-likeness (QED) is 0.567. The molecule has 1 aromatic rings. The number of aromatic nitrogens is 2. The summed E-state index contributed by atoms with van der Waals surface area (Å²) in [6.07, 6.45) is 0. The first-order valence-corrected chi connectivity index (χ1v) is 4.05. The van der Waals surface area contributed by atoms with Crippen LogP contribution < -0.4 is 5.43 Å². The van der Waals surface area contributed by atoms with Gasteiger partial charge in [0, 0.05) is 28.1 Å². The fourth-order valence-electron chi connectivity index (χ4n) is 1.06. The number of hydrogen-bond donors (Lipinski definition) is 1. The number of hydrazine groups is 1. The molecule has 14 heavy (non-hydrogen) atoms. The van der Waals surface area contributed by atoms with Crippen LogP contribution >= 0.6 is 0 Å². The second-order valence-electron chi connectivity index (χ2n) is 3.15. The van der Waals surface area contributed by atoms with Crippen LogP contribution in [0.25, 0.3) is 0 Å². The Labute approximate surface area is 81.5 Å². The summed E-state index contributed by atoms with van der Waals surface area (Å²) in [4.78, 5) is 14.0. The predicted molar refractivity (Wildman–Crippen MR) is 51.9 cm³/mol. The lowest BCUT2D eigenvalue weighted by atomic mass is 10.6. The largest absolute Gasteiger partial charge is 0.408 e. The van der Waals surface area contributed by atoms with E-state index >= 15 is 0 Å². The van der Waals surface area contributed by atoms with E-state index in [-0.39, 0.29) is 5.82 Å². The van der Waals surface area contributed by atoms with Crippen LogP contribution in [0.5, 0.6) is 0 Å². The SMILES string of the molecule is Cc1nc([N+](=O)[O-])c(NN(C)C)n1C. The molecular weight excluding hydrogens is 186 g/mol. The summed E-state index contributed by atoms with van der Waals surface area (Å²) in [5.74, 6) is 0.831. The van der Waals surface area contributed by atoms with Gasteiger partial charge in [0.15, 0.2) is 0 Å². The Bertz CT molecular complexity index is 357. The van der Waals surface area contributed by atoms with Crippen LogP contribution in [0.1, 0.15) is 5.82 Å². The number of nitro groups is 1. The van der Waals surface area contributed by atoms with Gasteiger partial charge in [0.2, 0.25) is 11.6 Å². The molecule has 78 valence electrons. The molecule has 0 saturated heterocycles. The molecule has 1 rings (SSSR count). The van der Waals surface area contributed by atoms with E-state index in [0.29, 0.717) is 11.6 Å². The fraction of sp³-hybridized carbons (Fsp3) is 0.571. The van der Waals surface area contributed by atoms with Gasteiger partial charge in [-0.25, -0.2) is 5.01 Å². The van der Waals surface area contributed by atoms with Gasteiger partial charge in [-0.1, -0.05) is 0 Å². The van der Waals surface area contributed by atoms with E-state index in [1.165, 1.54) is 0 Å². The molecule has 0 unspecified atom stereocenters. The molecule has 0 bridgehead atoms. The molecule has 1 N–H and O–H groups in total. The van der Waals surface area contributed by atoms with E-state index in [0.717, 1.165) is 0 Å². The van der Waals surface area contributed by atoms with Crippen molar-refractivity contribution in [3.63, 3.8) is 0 Å². The lowest BCUT2D eigenvalue weighted by Gasteiger charge is -2.12. The Hall–Kier alpha value is -1.63. The van der Waals surface area contributed by atoms with Crippen molar-refractivity contribution in [1.29, 1.82) is 0 Å². The summed E-state index contributed by atoms with van der Waals surface area (Å²) in [5, 5.41) is 12.3. The molecule has 7 nitrogen and oxygen atoms in total. The molecule has 0 radical (unpaired) electrons. The highest BCUT2D eigenvalue weighted by Gasteiger charge is 2.23. The zero-order chi connectivity index (χ0) is 10.9. The number of aryl methyl sites for hydroxylation is 1. The summed E-state index contributed by atoms with van der Waals surface area (Å²) in [7, 11) is 5.24. The zero-order valence-corrected chi connectivity index (χ0v) is 8.61. The van der Waals surface area contributed by atoms with Gasteiger partial charge in [-0.05, 0) is 9.91 Å². The highest BCUT2D eigenvalue weighted by atomic mass is 16.6. The van der Waals surface area contributed by atoms with Crippen molar-refractivity contribution < 1.29 is 4.92 Å². The van der Waals surface area contributed by atoms with E-state index < -0.39 is 4.92 Å². The first-order chi connectivity index (χ1) is 6.43. The molecule has 0 atom stereocenters. The van der Waals surface area contributed by atoms with Crippen molar-refractivity contribution in [1.82, 2.24) is 14.6 Å². The highest BCUT2D eigenvalue weighted by molar-refractivity contribution is 5.52. The Morgan fingerprint density at radius 2 is 2.14 bits per heavy atom. The molecular formula is C7H13N5O2. The molecule has 7 heteroatoms. The molecule has 0 amide bonds. The third-order valence-electron chi connectivity index (χ3n) is 1.80. The maximum absolute atomic E-state index is 10.6. The molecule has 0 aliphatic heterocycles. The second kappa shape index (κ2) is 3.62. The van der Waals surface area contributed by atoms with E-state index in [2.05, 4.69) is 10.4 Å². The molecule has 0 aromatic carbocycles. The predicted octanol–water partition coefficient (Wildman–Crippen LogP) is 0.525. The molecule has 0 spiro atoms. The molecule has 0 aliphatic carbocycles. The Morgan fingerprint density at radius 3 is 2.57 bits per heavy atom. The normalized spacial score (nSPS) is 10.6. The van der Waals surface area contributed by atoms with E-state index in [9.17, 15) is 10.1 Å². The van der Waals surface area contributed by atoms with Crippen molar-refractivity contribution >= 4 is 11.6 Å². The van der Waals surface area contributed by atoms with Gasteiger partial charge in [0.05, 0.1) is 0 Å². The van der Waals surface area contributed by atoms with Crippen molar-refractivity contribution in [3.8, 4) is 0 Å². The van der Waals surface area contributed by atoms with Crippen molar-refractivity contribution in [2.24, 2.45) is 7.05 Å². The van der Waals surface area contributed by atoms with Gasteiger partial charge in [-0.3, -0.25) is 9.99 Å². The van der Waals surface area contributed by atoms with E-state index in [4.69, 9.17) is 0 Å². The average Bonchev–Trinajstić information content (AvgIpc) is 2.32. The molecule has 1 aromatic heterocycles. The first kappa shape index (κ1) is 10.5. The monoisotopic (exact) mass is 199 g/mol. The summed E-state index contributed by atoms with van der Waals surface area (Å²) >= 11 is 0. The number of hydrogen-bond acceptors (Lipinski definition) is 5. The van der Waals surface area contributed by atoms with Crippen molar-refractivity contribution in [2.45, 2.75) is 6.92 Å². The third kappa shape index (κ3) is 1.82. The number of anilines is 1. The Morgan fingerprint density at radius 1 is 1.57 bits per heavy atom. The maximum Gasteiger partial charge on any atom is 0.408 e. The highest BCUT2D eigenvalue weighted by Crippen LogP contribution is 2.23. The number of nitrogens with zero attached hydrogens (tertiary/aromatic N) is 4. The van der Waals surface area contributed by atoms with Crippen LogP contribution in [0, 0.1) is 17.0 Å². The first-order valence-electron chi connectivity index (χ1n) is 4.05. The van der Waals surface area contributed by atoms with Gasteiger partial charge in [0.25, 0.3) is 0 Å². The van der Waals surface area contributed by atoms with Gasteiger partial charge >= 0.3 is 5.82 Å². The standard InChI is InChI=1S/C7H13N5O2/c1-5-8-6(12(13)14)7(11(5)4)9-10(2)3/h9H,1-4H3. The van der Waals surface area contributed by atoms with Crippen LogP contribution in [-0.2, 0) is 7.05 Å². The molecule has 0 aliphatic rings. The Kier molecular flexibility index (Phi) is 2.70. The number of rotatable bonds is 3. The maximum atomic E-state index is 10.6. The number of imidazole rings is 1. The minimum atomic E-state index is -0.501. The number of nitrogens with one attached hydrogen (secondary N) is 1. The average molecular weight is 199 g/mol. The van der Waals surface area contributed by atoms with Crippen LogP contribution in [0.2, 0.25) is 0 Å². The summed E-state index contributed by atoms with van der Waals surface area (Å²) < 4.78 is 1.64. The van der Waals surface area contributed by atoms with Gasteiger partial charge in [-0.2, -0.15) is 0 Å². The second-order valence-corrected chi connectivity index (χ2v) is 3.15. The van der Waals surface area contributed by atoms with Gasteiger partial charge in [-0.15, -0.1) is 0 Å². The van der Waals surface area contributed by atoms with Crippen LogP contribution in [0.15, 0.2) is 0 Å². The fourth-order valence-corrected chi connectivity index (χ4v) is 1.06. The van der Waals surface area contributed by atoms with Crippen LogP contribution in [0.4, 0.5) is 11.6 Å². The van der Waals surface area contributed by atoms with Crippen molar-refractivity contribution in [3.05, 3.63) is 15.9 Å². The summed E-state index contributed by atoms with van der Waals surface area (Å²) in [6, 6.07) is 0. The zero-order valence-electron chi connectivity index (χ0n) is 8.61. The third-order valence-corrected chi connectivity index (χ3v) is 1.80. The molecule has 0 fully saturated rings. The molecule has 0 saturated carbocycles. The minimum absolute atomic E-state index is 0.154. The van der Waals surface area contributed by atoms with Gasteiger partial charge < -0.3 is 10.1 Å². The molecule has 1 heterocycles. The van der Waals surface area contributed by atoms with Crippen LogP contribution in [0.3, 0.4) is 0 Å². The van der Waals surface area contributed by atoms with Crippen LogP contribution in [-0.4, -0.2) is 33.6 Å². The lowest BCUT2D eigenvalue weighted by Crippen LogP contribution is -2.22. The summed E-state index contributed by atoms with van der Waals surface area (Å²) in [6.45, 7) is 1.72. The topological polar surface area (TPSA) is 76.2 Å². The smallest absolute Gasteiger partial charge is 0.358 e. The lowest BCUT2D eigenvalue weighted by molar-refractivity contribution is -0.388. The van der Waals surface area contributed by atoms with E-state index in [1.54, 1.807) is 37.6 Å². The minimum Gasteiger partial charge on any atom is -0.358 e.